The largest absolute Gasteiger partial charge is 0.352 e. The SMILES string of the molecule is Cc1ccc(-n2cnnc2S[C@@H](C)C(=O)N[C@@H](C)[C@@H]2C[C@@H]3CC[C@@H]2C3)c(C)c1. The van der Waals surface area contributed by atoms with Crippen LogP contribution in [0.5, 0.6) is 0 Å². The lowest BCUT2D eigenvalue weighted by molar-refractivity contribution is -0.121. The summed E-state index contributed by atoms with van der Waals surface area (Å²) in [6.45, 7) is 8.31. The molecule has 28 heavy (non-hydrogen) atoms. The summed E-state index contributed by atoms with van der Waals surface area (Å²) in [6.07, 6.45) is 7.12. The fourth-order valence-corrected chi connectivity index (χ4v) is 5.96. The second kappa shape index (κ2) is 7.90. The van der Waals surface area contributed by atoms with Crippen molar-refractivity contribution in [3.8, 4) is 5.69 Å². The van der Waals surface area contributed by atoms with E-state index in [1.165, 1.54) is 48.6 Å². The van der Waals surface area contributed by atoms with Crippen LogP contribution in [0.3, 0.4) is 0 Å². The van der Waals surface area contributed by atoms with Crippen molar-refractivity contribution >= 4 is 17.7 Å². The second-order valence-corrected chi connectivity index (χ2v) is 9.98. The molecule has 0 saturated heterocycles. The predicted molar refractivity (Wildman–Crippen MR) is 113 cm³/mol. The minimum Gasteiger partial charge on any atom is -0.352 e. The van der Waals surface area contributed by atoms with Crippen molar-refractivity contribution in [2.24, 2.45) is 17.8 Å². The zero-order valence-electron chi connectivity index (χ0n) is 17.2. The van der Waals surface area contributed by atoms with E-state index in [2.05, 4.69) is 54.5 Å². The molecule has 2 aromatic rings. The molecule has 2 bridgehead atoms. The van der Waals surface area contributed by atoms with Crippen LogP contribution in [0.4, 0.5) is 0 Å². The van der Waals surface area contributed by atoms with E-state index in [0.717, 1.165) is 22.7 Å². The fraction of sp³-hybridized carbons (Fsp3) is 0.591. The summed E-state index contributed by atoms with van der Waals surface area (Å²) >= 11 is 1.47. The lowest BCUT2D eigenvalue weighted by Crippen LogP contribution is -2.43. The van der Waals surface area contributed by atoms with Gasteiger partial charge in [0.15, 0.2) is 5.16 Å². The maximum Gasteiger partial charge on any atom is 0.233 e. The fourth-order valence-electron chi connectivity index (χ4n) is 5.11. The van der Waals surface area contributed by atoms with E-state index in [-0.39, 0.29) is 17.2 Å². The molecule has 6 heteroatoms. The Kier molecular flexibility index (Phi) is 5.50. The van der Waals surface area contributed by atoms with Gasteiger partial charge in [-0.15, -0.1) is 10.2 Å². The number of aromatic nitrogens is 3. The molecule has 2 fully saturated rings. The molecule has 1 aromatic carbocycles. The van der Waals surface area contributed by atoms with Gasteiger partial charge in [0.1, 0.15) is 6.33 Å². The molecule has 0 aliphatic heterocycles. The van der Waals surface area contributed by atoms with Gasteiger partial charge in [0.25, 0.3) is 0 Å². The molecule has 4 rings (SSSR count). The number of nitrogens with one attached hydrogen (secondary N) is 1. The normalized spacial score (nSPS) is 25.6. The third-order valence-electron chi connectivity index (χ3n) is 6.58. The number of aryl methyl sites for hydroxylation is 2. The number of fused-ring (bicyclic) bond motifs is 2. The molecule has 1 heterocycles. The molecule has 0 unspecified atom stereocenters. The van der Waals surface area contributed by atoms with Crippen molar-refractivity contribution in [2.45, 2.75) is 69.8 Å². The van der Waals surface area contributed by atoms with Crippen molar-refractivity contribution in [3.05, 3.63) is 35.7 Å². The van der Waals surface area contributed by atoms with Gasteiger partial charge < -0.3 is 5.32 Å². The maximum absolute atomic E-state index is 12.8. The summed E-state index contributed by atoms with van der Waals surface area (Å²) in [7, 11) is 0. The molecule has 0 radical (unpaired) electrons. The Morgan fingerprint density at radius 2 is 2.07 bits per heavy atom. The van der Waals surface area contributed by atoms with E-state index in [1.54, 1.807) is 6.33 Å². The number of thioether (sulfide) groups is 1. The zero-order chi connectivity index (χ0) is 19.8. The summed E-state index contributed by atoms with van der Waals surface area (Å²) < 4.78 is 1.97. The van der Waals surface area contributed by atoms with E-state index in [9.17, 15) is 4.79 Å². The molecule has 1 amide bonds. The zero-order valence-corrected chi connectivity index (χ0v) is 18.0. The smallest absolute Gasteiger partial charge is 0.233 e. The highest BCUT2D eigenvalue weighted by molar-refractivity contribution is 8.00. The molecule has 5 atom stereocenters. The lowest BCUT2D eigenvalue weighted by Gasteiger charge is -2.29. The van der Waals surface area contributed by atoms with Gasteiger partial charge in [-0.2, -0.15) is 0 Å². The highest BCUT2D eigenvalue weighted by Crippen LogP contribution is 2.49. The third kappa shape index (κ3) is 3.84. The van der Waals surface area contributed by atoms with Crippen LogP contribution >= 0.6 is 11.8 Å². The van der Waals surface area contributed by atoms with Crippen molar-refractivity contribution in [1.82, 2.24) is 20.1 Å². The minimum absolute atomic E-state index is 0.0930. The first kappa shape index (κ1) is 19.5. The average molecular weight is 399 g/mol. The Morgan fingerprint density at radius 3 is 2.75 bits per heavy atom. The predicted octanol–water partition coefficient (Wildman–Crippen LogP) is 4.31. The van der Waals surface area contributed by atoms with Crippen LogP contribution in [-0.4, -0.2) is 32.0 Å². The Balaban J connectivity index is 1.40. The first-order chi connectivity index (χ1) is 13.4. The van der Waals surface area contributed by atoms with Gasteiger partial charge >= 0.3 is 0 Å². The Hall–Kier alpha value is -1.82. The summed E-state index contributed by atoms with van der Waals surface area (Å²) in [5, 5.41) is 12.2. The van der Waals surface area contributed by atoms with Crippen LogP contribution in [0.2, 0.25) is 0 Å². The van der Waals surface area contributed by atoms with Gasteiger partial charge in [0.05, 0.1) is 10.9 Å². The molecule has 5 nitrogen and oxygen atoms in total. The van der Waals surface area contributed by atoms with Crippen molar-refractivity contribution in [2.75, 3.05) is 0 Å². The molecular formula is C22H30N4OS. The van der Waals surface area contributed by atoms with E-state index in [0.29, 0.717) is 5.92 Å². The molecule has 2 saturated carbocycles. The number of nitrogens with zero attached hydrogens (tertiary/aromatic N) is 3. The highest BCUT2D eigenvalue weighted by Gasteiger charge is 2.42. The van der Waals surface area contributed by atoms with Gasteiger partial charge in [-0.3, -0.25) is 9.36 Å². The van der Waals surface area contributed by atoms with E-state index in [1.807, 2.05) is 11.5 Å². The molecule has 1 aromatic heterocycles. The first-order valence-corrected chi connectivity index (χ1v) is 11.2. The van der Waals surface area contributed by atoms with Gasteiger partial charge in [-0.25, -0.2) is 0 Å². The molecule has 1 N–H and O–H groups in total. The van der Waals surface area contributed by atoms with Crippen molar-refractivity contribution in [3.63, 3.8) is 0 Å². The first-order valence-electron chi connectivity index (χ1n) is 10.4. The molecular weight excluding hydrogens is 368 g/mol. The third-order valence-corrected chi connectivity index (χ3v) is 7.64. The minimum atomic E-state index is -0.213. The molecule has 2 aliphatic carbocycles. The van der Waals surface area contributed by atoms with E-state index >= 15 is 0 Å². The number of hydrogen-bond donors (Lipinski definition) is 1. The van der Waals surface area contributed by atoms with Crippen LogP contribution in [-0.2, 0) is 4.79 Å². The average Bonchev–Trinajstić information content (AvgIpc) is 3.38. The van der Waals surface area contributed by atoms with Crippen LogP contribution in [0.1, 0.15) is 50.7 Å². The van der Waals surface area contributed by atoms with Gasteiger partial charge in [-0.05, 0) is 76.3 Å². The van der Waals surface area contributed by atoms with Crippen LogP contribution in [0, 0.1) is 31.6 Å². The second-order valence-electron chi connectivity index (χ2n) is 8.67. The summed E-state index contributed by atoms with van der Waals surface area (Å²) in [5.74, 6) is 2.46. The Bertz CT molecular complexity index is 864. The van der Waals surface area contributed by atoms with Crippen molar-refractivity contribution < 1.29 is 4.79 Å². The Morgan fingerprint density at radius 1 is 1.25 bits per heavy atom. The Labute approximate surface area is 171 Å². The highest BCUT2D eigenvalue weighted by atomic mass is 32.2. The maximum atomic E-state index is 12.8. The summed E-state index contributed by atoms with van der Waals surface area (Å²) in [6, 6.07) is 6.57. The number of carbonyl (C=O) groups excluding carboxylic acids is 1. The molecule has 0 spiro atoms. The standard InChI is InChI=1S/C22H30N4OS/c1-13-5-8-20(14(2)9-13)26-12-23-25-22(26)28-16(4)21(27)24-15(3)19-11-17-6-7-18(19)10-17/h5,8-9,12,15-19H,6-7,10-11H2,1-4H3,(H,24,27)/t15-,16-,17+,18+,19-/m0/s1. The van der Waals surface area contributed by atoms with E-state index < -0.39 is 0 Å². The topological polar surface area (TPSA) is 59.8 Å². The summed E-state index contributed by atoms with van der Waals surface area (Å²) in [5.41, 5.74) is 3.45. The number of hydrogen-bond acceptors (Lipinski definition) is 4. The number of amides is 1. The van der Waals surface area contributed by atoms with Crippen molar-refractivity contribution in [1.29, 1.82) is 0 Å². The van der Waals surface area contributed by atoms with Crippen LogP contribution in [0.25, 0.3) is 5.69 Å². The number of carbonyl (C=O) groups is 1. The van der Waals surface area contributed by atoms with Gasteiger partial charge in [0, 0.05) is 6.04 Å². The summed E-state index contributed by atoms with van der Waals surface area (Å²) in [4.78, 5) is 12.8. The van der Waals surface area contributed by atoms with Crippen LogP contribution in [0.15, 0.2) is 29.7 Å². The molecule has 150 valence electrons. The lowest BCUT2D eigenvalue weighted by atomic mass is 9.84. The van der Waals surface area contributed by atoms with Crippen LogP contribution < -0.4 is 5.32 Å². The number of rotatable bonds is 6. The quantitative estimate of drug-likeness (QED) is 0.737. The van der Waals surface area contributed by atoms with E-state index in [4.69, 9.17) is 0 Å². The monoisotopic (exact) mass is 398 g/mol. The molecule has 2 aliphatic rings. The van der Waals surface area contributed by atoms with Gasteiger partial charge in [-0.1, -0.05) is 35.9 Å². The van der Waals surface area contributed by atoms with Gasteiger partial charge in [0.2, 0.25) is 5.91 Å². The number of benzene rings is 1.